The van der Waals surface area contributed by atoms with Crippen molar-refractivity contribution in [2.24, 2.45) is 11.7 Å². The number of thiazole rings is 1. The predicted octanol–water partition coefficient (Wildman–Crippen LogP) is 4.80. The normalized spacial score (nSPS) is 11.6. The largest absolute Gasteiger partial charge is 0.366 e. The van der Waals surface area contributed by atoms with Gasteiger partial charge in [0.1, 0.15) is 5.01 Å². The number of hydrogen-bond acceptors (Lipinski definition) is 4. The highest BCUT2D eigenvalue weighted by Gasteiger charge is 2.24. The summed E-state index contributed by atoms with van der Waals surface area (Å²) in [6, 6.07) is 13.4. The monoisotopic (exact) mass is 405 g/mol. The lowest BCUT2D eigenvalue weighted by molar-refractivity contribution is 0.0939. The van der Waals surface area contributed by atoms with Crippen LogP contribution in [-0.2, 0) is 13.0 Å². The summed E-state index contributed by atoms with van der Waals surface area (Å²) in [6.45, 7) is 6.42. The summed E-state index contributed by atoms with van der Waals surface area (Å²) in [7, 11) is 0. The number of carbonyl (C=O) groups excluding carboxylic acids is 2. The second-order valence-corrected chi connectivity index (χ2v) is 8.57. The van der Waals surface area contributed by atoms with Crippen molar-refractivity contribution in [2.75, 3.05) is 0 Å². The van der Waals surface area contributed by atoms with Gasteiger partial charge in [0.25, 0.3) is 0 Å². The molecule has 5 nitrogen and oxygen atoms in total. The van der Waals surface area contributed by atoms with Crippen molar-refractivity contribution >= 4 is 44.1 Å². The number of Topliss-reactive ketones (excluding diaryl/α,β-unsaturated/α-hetero) is 1. The number of amides is 1. The molecular formula is C23H23N3O2S. The van der Waals surface area contributed by atoms with E-state index >= 15 is 0 Å². The molecule has 0 radical (unpaired) electrons. The average Bonchev–Trinajstić information content (AvgIpc) is 3.25. The van der Waals surface area contributed by atoms with Crippen LogP contribution in [0.1, 0.15) is 52.2 Å². The van der Waals surface area contributed by atoms with Crippen molar-refractivity contribution in [3.8, 4) is 0 Å². The minimum atomic E-state index is -0.477. The minimum absolute atomic E-state index is 0.113. The molecule has 0 atom stereocenters. The number of hydrogen-bond donors (Lipinski definition) is 1. The molecule has 0 bridgehead atoms. The molecule has 2 aromatic carbocycles. The molecule has 4 rings (SSSR count). The quantitative estimate of drug-likeness (QED) is 0.468. The summed E-state index contributed by atoms with van der Waals surface area (Å²) in [5.41, 5.74) is 9.49. The molecule has 0 saturated heterocycles. The Morgan fingerprint density at radius 3 is 2.59 bits per heavy atom. The van der Waals surface area contributed by atoms with Crippen molar-refractivity contribution in [1.82, 2.24) is 9.55 Å². The van der Waals surface area contributed by atoms with Crippen LogP contribution in [0.15, 0.2) is 42.5 Å². The molecule has 0 spiro atoms. The molecule has 0 saturated carbocycles. The van der Waals surface area contributed by atoms with E-state index < -0.39 is 5.91 Å². The zero-order valence-corrected chi connectivity index (χ0v) is 17.5. The Balaban J connectivity index is 1.95. The van der Waals surface area contributed by atoms with Crippen LogP contribution in [-0.4, -0.2) is 21.2 Å². The number of nitrogens with two attached hydrogens (primary N) is 1. The van der Waals surface area contributed by atoms with Gasteiger partial charge in [-0.25, -0.2) is 4.98 Å². The summed E-state index contributed by atoms with van der Waals surface area (Å²) in [5, 5.41) is 1.83. The second kappa shape index (κ2) is 7.44. The van der Waals surface area contributed by atoms with Gasteiger partial charge in [-0.15, -0.1) is 11.3 Å². The van der Waals surface area contributed by atoms with Crippen LogP contribution in [0.3, 0.4) is 0 Å². The fourth-order valence-electron chi connectivity index (χ4n) is 3.79. The number of aromatic nitrogens is 2. The van der Waals surface area contributed by atoms with Crippen molar-refractivity contribution in [1.29, 1.82) is 0 Å². The van der Waals surface area contributed by atoms with Crippen molar-refractivity contribution in [2.45, 2.75) is 33.7 Å². The minimum Gasteiger partial charge on any atom is -0.366 e. The Hall–Kier alpha value is -2.99. The van der Waals surface area contributed by atoms with Crippen molar-refractivity contribution < 1.29 is 9.59 Å². The second-order valence-electron chi connectivity index (χ2n) is 7.45. The Morgan fingerprint density at radius 1 is 1.17 bits per heavy atom. The highest BCUT2D eigenvalue weighted by atomic mass is 32.1. The molecule has 29 heavy (non-hydrogen) atoms. The van der Waals surface area contributed by atoms with Crippen molar-refractivity contribution in [3.63, 3.8) is 0 Å². The van der Waals surface area contributed by atoms with E-state index in [1.807, 2.05) is 38.1 Å². The Labute approximate surface area is 173 Å². The molecular weight excluding hydrogens is 382 g/mol. The van der Waals surface area contributed by atoms with E-state index in [2.05, 4.69) is 17.6 Å². The third-order valence-corrected chi connectivity index (χ3v) is 6.22. The van der Waals surface area contributed by atoms with Gasteiger partial charge in [-0.2, -0.15) is 0 Å². The first-order valence-corrected chi connectivity index (χ1v) is 10.6. The molecule has 6 heteroatoms. The topological polar surface area (TPSA) is 78.0 Å². The fraction of sp³-hybridized carbons (Fsp3) is 0.261. The summed E-state index contributed by atoms with van der Waals surface area (Å²) in [4.78, 5) is 29.6. The average molecular weight is 406 g/mol. The van der Waals surface area contributed by atoms with E-state index in [0.29, 0.717) is 18.5 Å². The van der Waals surface area contributed by atoms with Crippen LogP contribution in [0.4, 0.5) is 0 Å². The zero-order valence-electron chi connectivity index (χ0n) is 16.7. The maximum atomic E-state index is 13.0. The van der Waals surface area contributed by atoms with Gasteiger partial charge in [0.05, 0.1) is 22.3 Å². The third kappa shape index (κ3) is 3.34. The highest BCUT2D eigenvalue weighted by Crippen LogP contribution is 2.32. The first-order valence-electron chi connectivity index (χ1n) is 9.74. The highest BCUT2D eigenvalue weighted by molar-refractivity contribution is 7.18. The first-order chi connectivity index (χ1) is 13.9. The van der Waals surface area contributed by atoms with Crippen LogP contribution >= 0.6 is 11.3 Å². The number of carbonyl (C=O) groups is 2. The molecule has 148 valence electrons. The Kier molecular flexibility index (Phi) is 4.96. The van der Waals surface area contributed by atoms with Gasteiger partial charge >= 0.3 is 0 Å². The van der Waals surface area contributed by atoms with E-state index in [4.69, 9.17) is 10.7 Å². The number of primary amides is 1. The van der Waals surface area contributed by atoms with Crippen LogP contribution in [0, 0.1) is 5.92 Å². The molecule has 2 heterocycles. The van der Waals surface area contributed by atoms with Gasteiger partial charge in [-0.1, -0.05) is 39.0 Å². The summed E-state index contributed by atoms with van der Waals surface area (Å²) in [5.74, 6) is -0.478. The van der Waals surface area contributed by atoms with Gasteiger partial charge in [0, 0.05) is 28.1 Å². The Morgan fingerprint density at radius 2 is 1.93 bits per heavy atom. The Bertz CT molecular complexity index is 1220. The zero-order chi connectivity index (χ0) is 20.7. The van der Waals surface area contributed by atoms with Gasteiger partial charge < -0.3 is 10.3 Å². The summed E-state index contributed by atoms with van der Waals surface area (Å²) < 4.78 is 3.25. The van der Waals surface area contributed by atoms with Gasteiger partial charge in [0.2, 0.25) is 5.91 Å². The standard InChI is InChI=1S/C23H23N3O2S/c1-4-17-21(22(27)13(2)3)15-10-9-14(23(24)28)11-18(15)26(17)12-20-25-16-7-5-6-8-19(16)29-20/h5-11,13H,4,12H2,1-3H3,(H2,24,28). The molecule has 4 aromatic rings. The van der Waals surface area contributed by atoms with Crippen molar-refractivity contribution in [3.05, 3.63) is 64.3 Å². The predicted molar refractivity (Wildman–Crippen MR) is 118 cm³/mol. The number of rotatable bonds is 6. The molecule has 0 aliphatic rings. The molecule has 2 aromatic heterocycles. The van der Waals surface area contributed by atoms with E-state index in [1.54, 1.807) is 23.5 Å². The van der Waals surface area contributed by atoms with Crippen LogP contribution in [0.2, 0.25) is 0 Å². The molecule has 0 aliphatic carbocycles. The first kappa shape index (κ1) is 19.3. The lowest BCUT2D eigenvalue weighted by Gasteiger charge is -2.10. The van der Waals surface area contributed by atoms with Crippen LogP contribution in [0.25, 0.3) is 21.1 Å². The lowest BCUT2D eigenvalue weighted by atomic mass is 9.97. The lowest BCUT2D eigenvalue weighted by Crippen LogP contribution is -2.12. The van der Waals surface area contributed by atoms with E-state index in [1.165, 1.54) is 0 Å². The SMILES string of the molecule is CCc1c(C(=O)C(C)C)c2ccc(C(N)=O)cc2n1Cc1nc2ccccc2s1. The maximum absolute atomic E-state index is 13.0. The molecule has 1 amide bonds. The van der Waals surface area contributed by atoms with E-state index in [0.717, 1.165) is 37.4 Å². The van der Waals surface area contributed by atoms with Gasteiger partial charge in [0.15, 0.2) is 5.78 Å². The third-order valence-electron chi connectivity index (χ3n) is 5.19. The van der Waals surface area contributed by atoms with Crippen LogP contribution < -0.4 is 5.73 Å². The summed E-state index contributed by atoms with van der Waals surface area (Å²) >= 11 is 1.65. The number of ketones is 1. The number of benzene rings is 2. The van der Waals surface area contributed by atoms with Gasteiger partial charge in [-0.3, -0.25) is 9.59 Å². The molecule has 0 fully saturated rings. The fourth-order valence-corrected chi connectivity index (χ4v) is 4.75. The molecule has 0 unspecified atom stereocenters. The van der Waals surface area contributed by atoms with E-state index in [9.17, 15) is 9.59 Å². The summed E-state index contributed by atoms with van der Waals surface area (Å²) in [6.07, 6.45) is 0.708. The molecule has 0 aliphatic heterocycles. The van der Waals surface area contributed by atoms with Crippen LogP contribution in [0.5, 0.6) is 0 Å². The number of para-hydroxylation sites is 1. The maximum Gasteiger partial charge on any atom is 0.248 e. The van der Waals surface area contributed by atoms with Gasteiger partial charge in [-0.05, 0) is 30.7 Å². The smallest absolute Gasteiger partial charge is 0.248 e. The molecule has 2 N–H and O–H groups in total. The number of fused-ring (bicyclic) bond motifs is 2. The number of nitrogens with zero attached hydrogens (tertiary/aromatic N) is 2. The van der Waals surface area contributed by atoms with E-state index in [-0.39, 0.29) is 11.7 Å².